The van der Waals surface area contributed by atoms with Crippen LogP contribution in [0.3, 0.4) is 0 Å². The van der Waals surface area contributed by atoms with Crippen LogP contribution in [0.5, 0.6) is 0 Å². The molecule has 1 saturated heterocycles. The predicted molar refractivity (Wildman–Crippen MR) is 81.1 cm³/mol. The van der Waals surface area contributed by atoms with Crippen LogP contribution in [-0.4, -0.2) is 48.3 Å². The van der Waals surface area contributed by atoms with E-state index in [0.717, 1.165) is 35.1 Å². The molecule has 1 aliphatic heterocycles. The first kappa shape index (κ1) is 14.7. The molecule has 5 heteroatoms. The quantitative estimate of drug-likeness (QED) is 0.819. The zero-order chi connectivity index (χ0) is 13.7. The first-order valence-corrected chi connectivity index (χ1v) is 7.56. The third-order valence-electron chi connectivity index (χ3n) is 3.28. The first-order chi connectivity index (χ1) is 9.22. The normalized spacial score (nSPS) is 16.6. The van der Waals surface area contributed by atoms with Crippen molar-refractivity contribution in [1.29, 1.82) is 0 Å². The Kier molecular flexibility index (Phi) is 5.59. The largest absolute Gasteiger partial charge is 0.394 e. The van der Waals surface area contributed by atoms with Crippen LogP contribution in [0, 0.1) is 3.57 Å². The third kappa shape index (κ3) is 3.90. The fourth-order valence-corrected chi connectivity index (χ4v) is 2.87. The number of piperidine rings is 1. The molecule has 19 heavy (non-hydrogen) atoms. The summed E-state index contributed by atoms with van der Waals surface area (Å²) in [6.07, 6.45) is 1.86. The highest BCUT2D eigenvalue weighted by atomic mass is 127. The number of carbonyl (C=O) groups is 1. The molecule has 104 valence electrons. The SMILES string of the molecule is O=C(c1ccccc1I)N1CCC(OCCO)CC1. The van der Waals surface area contributed by atoms with Crippen LogP contribution in [0.4, 0.5) is 0 Å². The van der Waals surface area contributed by atoms with Crippen LogP contribution >= 0.6 is 22.6 Å². The molecular formula is C14H18INO3. The molecule has 0 bridgehead atoms. The molecule has 1 fully saturated rings. The van der Waals surface area contributed by atoms with Crippen molar-refractivity contribution >= 4 is 28.5 Å². The molecule has 0 radical (unpaired) electrons. The van der Waals surface area contributed by atoms with Crippen molar-refractivity contribution in [2.45, 2.75) is 18.9 Å². The smallest absolute Gasteiger partial charge is 0.254 e. The van der Waals surface area contributed by atoms with E-state index >= 15 is 0 Å². The Bertz CT molecular complexity index is 430. The second-order valence-corrected chi connectivity index (χ2v) is 5.73. The number of benzene rings is 1. The van der Waals surface area contributed by atoms with Gasteiger partial charge in [-0.1, -0.05) is 12.1 Å². The van der Waals surface area contributed by atoms with Gasteiger partial charge in [-0.3, -0.25) is 4.79 Å². The van der Waals surface area contributed by atoms with Crippen LogP contribution in [0.25, 0.3) is 0 Å². The van der Waals surface area contributed by atoms with E-state index in [1.54, 1.807) is 0 Å². The fraction of sp³-hybridized carbons (Fsp3) is 0.500. The Hall–Kier alpha value is -0.660. The van der Waals surface area contributed by atoms with E-state index in [4.69, 9.17) is 9.84 Å². The van der Waals surface area contributed by atoms with Crippen LogP contribution in [0.15, 0.2) is 24.3 Å². The summed E-state index contributed by atoms with van der Waals surface area (Å²) in [7, 11) is 0. The number of halogens is 1. The van der Waals surface area contributed by atoms with Crippen molar-refractivity contribution in [2.75, 3.05) is 26.3 Å². The zero-order valence-corrected chi connectivity index (χ0v) is 12.9. The van der Waals surface area contributed by atoms with Crippen molar-refractivity contribution < 1.29 is 14.6 Å². The van der Waals surface area contributed by atoms with Gasteiger partial charge in [0.25, 0.3) is 5.91 Å². The number of likely N-dealkylation sites (tertiary alicyclic amines) is 1. The number of nitrogens with zero attached hydrogens (tertiary/aromatic N) is 1. The van der Waals surface area contributed by atoms with Gasteiger partial charge in [0.15, 0.2) is 0 Å². The minimum absolute atomic E-state index is 0.0569. The van der Waals surface area contributed by atoms with E-state index in [0.29, 0.717) is 6.61 Å². The molecule has 2 rings (SSSR count). The molecule has 0 unspecified atom stereocenters. The maximum atomic E-state index is 12.4. The van der Waals surface area contributed by atoms with Crippen LogP contribution in [0.1, 0.15) is 23.2 Å². The number of amides is 1. The third-order valence-corrected chi connectivity index (χ3v) is 4.22. The van der Waals surface area contributed by atoms with Gasteiger partial charge < -0.3 is 14.7 Å². The number of rotatable bonds is 4. The van der Waals surface area contributed by atoms with Gasteiger partial charge in [-0.15, -0.1) is 0 Å². The van der Waals surface area contributed by atoms with E-state index in [9.17, 15) is 4.79 Å². The van der Waals surface area contributed by atoms with E-state index < -0.39 is 0 Å². The molecule has 0 spiro atoms. The van der Waals surface area contributed by atoms with Gasteiger partial charge in [0.2, 0.25) is 0 Å². The van der Waals surface area contributed by atoms with Crippen molar-refractivity contribution in [1.82, 2.24) is 4.90 Å². The molecule has 1 N–H and O–H groups in total. The van der Waals surface area contributed by atoms with E-state index in [1.807, 2.05) is 29.2 Å². The molecule has 0 aromatic heterocycles. The first-order valence-electron chi connectivity index (χ1n) is 6.48. The topological polar surface area (TPSA) is 49.8 Å². The van der Waals surface area contributed by atoms with E-state index in [1.165, 1.54) is 0 Å². The lowest BCUT2D eigenvalue weighted by Gasteiger charge is -2.32. The minimum Gasteiger partial charge on any atom is -0.394 e. The number of aliphatic hydroxyl groups excluding tert-OH is 1. The lowest BCUT2D eigenvalue weighted by Crippen LogP contribution is -2.41. The Morgan fingerprint density at radius 1 is 1.37 bits per heavy atom. The van der Waals surface area contributed by atoms with Crippen molar-refractivity contribution in [2.24, 2.45) is 0 Å². The summed E-state index contributed by atoms with van der Waals surface area (Å²) in [5, 5.41) is 8.73. The van der Waals surface area contributed by atoms with Gasteiger partial charge in [0, 0.05) is 16.7 Å². The molecule has 4 nitrogen and oxygen atoms in total. The highest BCUT2D eigenvalue weighted by molar-refractivity contribution is 14.1. The Morgan fingerprint density at radius 2 is 2.05 bits per heavy atom. The molecule has 1 aromatic rings. The average molecular weight is 375 g/mol. The number of ether oxygens (including phenoxy) is 1. The van der Waals surface area contributed by atoms with Gasteiger partial charge in [0.1, 0.15) is 0 Å². The standard InChI is InChI=1S/C14H18INO3/c15-13-4-2-1-3-12(13)14(18)16-7-5-11(6-8-16)19-10-9-17/h1-4,11,17H,5-10H2. The highest BCUT2D eigenvalue weighted by Gasteiger charge is 2.24. The summed E-state index contributed by atoms with van der Waals surface area (Å²) >= 11 is 2.19. The minimum atomic E-state index is 0.0569. The summed E-state index contributed by atoms with van der Waals surface area (Å²) in [5.41, 5.74) is 0.776. The number of hydrogen-bond acceptors (Lipinski definition) is 3. The Balaban J connectivity index is 1.91. The monoisotopic (exact) mass is 375 g/mol. The molecule has 1 aromatic carbocycles. The van der Waals surface area contributed by atoms with Gasteiger partial charge in [-0.2, -0.15) is 0 Å². The van der Waals surface area contributed by atoms with Gasteiger partial charge in [-0.05, 0) is 47.6 Å². The van der Waals surface area contributed by atoms with Crippen LogP contribution < -0.4 is 0 Å². The summed E-state index contributed by atoms with van der Waals surface area (Å²) in [6, 6.07) is 7.66. The maximum absolute atomic E-state index is 12.4. The number of hydrogen-bond donors (Lipinski definition) is 1. The molecule has 1 amide bonds. The van der Waals surface area contributed by atoms with Gasteiger partial charge in [0.05, 0.1) is 24.9 Å². The Labute approximate surface area is 126 Å². The molecular weight excluding hydrogens is 357 g/mol. The van der Waals surface area contributed by atoms with Crippen LogP contribution in [0.2, 0.25) is 0 Å². The maximum Gasteiger partial charge on any atom is 0.254 e. The van der Waals surface area contributed by atoms with Gasteiger partial charge >= 0.3 is 0 Å². The summed E-state index contributed by atoms with van der Waals surface area (Å²) < 4.78 is 6.49. The van der Waals surface area contributed by atoms with E-state index in [2.05, 4.69) is 22.6 Å². The lowest BCUT2D eigenvalue weighted by molar-refractivity contribution is -0.00556. The van der Waals surface area contributed by atoms with E-state index in [-0.39, 0.29) is 18.6 Å². The second kappa shape index (κ2) is 7.21. The zero-order valence-electron chi connectivity index (χ0n) is 10.7. The highest BCUT2D eigenvalue weighted by Crippen LogP contribution is 2.19. The van der Waals surface area contributed by atoms with Gasteiger partial charge in [-0.25, -0.2) is 0 Å². The number of carbonyl (C=O) groups excluding carboxylic acids is 1. The summed E-state index contributed by atoms with van der Waals surface area (Å²) in [4.78, 5) is 14.3. The van der Waals surface area contributed by atoms with Crippen molar-refractivity contribution in [3.63, 3.8) is 0 Å². The molecule has 0 aliphatic carbocycles. The summed E-state index contributed by atoms with van der Waals surface area (Å²) in [5.74, 6) is 0.102. The van der Waals surface area contributed by atoms with Crippen LogP contribution in [-0.2, 0) is 4.74 Å². The predicted octanol–water partition coefficient (Wildman–Crippen LogP) is 1.90. The fourth-order valence-electron chi connectivity index (χ4n) is 2.25. The second-order valence-electron chi connectivity index (χ2n) is 4.57. The molecule has 1 heterocycles. The van der Waals surface area contributed by atoms with Crippen molar-refractivity contribution in [3.8, 4) is 0 Å². The molecule has 1 aliphatic rings. The number of aliphatic hydroxyl groups is 1. The lowest BCUT2D eigenvalue weighted by atomic mass is 10.1. The average Bonchev–Trinajstić information content (AvgIpc) is 2.45. The summed E-state index contributed by atoms with van der Waals surface area (Å²) in [6.45, 7) is 1.89. The molecule has 0 saturated carbocycles. The Morgan fingerprint density at radius 3 is 2.68 bits per heavy atom. The van der Waals surface area contributed by atoms with Crippen molar-refractivity contribution in [3.05, 3.63) is 33.4 Å². The molecule has 0 atom stereocenters.